The van der Waals surface area contributed by atoms with Gasteiger partial charge in [0.1, 0.15) is 0 Å². The van der Waals surface area contributed by atoms with Gasteiger partial charge in [-0.15, -0.1) is 0 Å². The summed E-state index contributed by atoms with van der Waals surface area (Å²) >= 11 is 0. The number of nitro groups is 1. The summed E-state index contributed by atoms with van der Waals surface area (Å²) in [5.74, 6) is -0.371. The summed E-state index contributed by atoms with van der Waals surface area (Å²) in [7, 11) is 5.72. The van der Waals surface area contributed by atoms with Crippen molar-refractivity contribution >= 4 is 28.7 Å². The molecule has 0 atom stereocenters. The summed E-state index contributed by atoms with van der Waals surface area (Å²) in [6, 6.07) is 10.2. The van der Waals surface area contributed by atoms with E-state index in [1.807, 2.05) is 25.1 Å². The average Bonchev–Trinajstić information content (AvgIpc) is 2.68. The molecule has 8 heteroatoms. The predicted molar refractivity (Wildman–Crippen MR) is 116 cm³/mol. The fourth-order valence-electron chi connectivity index (χ4n) is 3.54. The molecule has 0 spiro atoms. The van der Waals surface area contributed by atoms with Crippen LogP contribution in [-0.2, 0) is 0 Å². The molecule has 154 valence electrons. The highest BCUT2D eigenvalue weighted by Gasteiger charge is 2.19. The van der Waals surface area contributed by atoms with Gasteiger partial charge in [0.15, 0.2) is 0 Å². The average molecular weight is 397 g/mol. The molecule has 1 aliphatic rings. The summed E-state index contributed by atoms with van der Waals surface area (Å²) in [4.78, 5) is 29.9. The largest absolute Gasteiger partial charge is 0.377 e. The van der Waals surface area contributed by atoms with Crippen molar-refractivity contribution in [2.75, 3.05) is 62.4 Å². The first-order valence-corrected chi connectivity index (χ1v) is 9.57. The van der Waals surface area contributed by atoms with Crippen molar-refractivity contribution in [3.63, 3.8) is 0 Å². The quantitative estimate of drug-likeness (QED) is 0.617. The van der Waals surface area contributed by atoms with Gasteiger partial charge in [-0.2, -0.15) is 0 Å². The molecular weight excluding hydrogens is 370 g/mol. The predicted octanol–water partition coefficient (Wildman–Crippen LogP) is 2.97. The van der Waals surface area contributed by atoms with E-state index < -0.39 is 4.92 Å². The molecule has 0 radical (unpaired) electrons. The van der Waals surface area contributed by atoms with Crippen LogP contribution >= 0.6 is 0 Å². The summed E-state index contributed by atoms with van der Waals surface area (Å²) < 4.78 is 0. The Kier molecular flexibility index (Phi) is 6.03. The lowest BCUT2D eigenvalue weighted by atomic mass is 10.1. The standard InChI is InChI=1S/C21H27N5O3/c1-15-13-16(5-7-19(15)25-11-9-24(4)10-12-25)22-21(27)18-14-17(26(28)29)6-8-20(18)23(2)3/h5-8,13-14H,9-12H2,1-4H3,(H,22,27). The fourth-order valence-corrected chi connectivity index (χ4v) is 3.54. The maximum Gasteiger partial charge on any atom is 0.270 e. The number of benzene rings is 2. The van der Waals surface area contributed by atoms with E-state index in [4.69, 9.17) is 0 Å². The van der Waals surface area contributed by atoms with E-state index in [0.29, 0.717) is 11.4 Å². The van der Waals surface area contributed by atoms with E-state index in [1.54, 1.807) is 25.1 Å². The van der Waals surface area contributed by atoms with Gasteiger partial charge in [0, 0.05) is 69.5 Å². The summed E-state index contributed by atoms with van der Waals surface area (Å²) in [6.07, 6.45) is 0. The number of rotatable bonds is 5. The third kappa shape index (κ3) is 4.65. The lowest BCUT2D eigenvalue weighted by Gasteiger charge is -2.35. The number of hydrogen-bond donors (Lipinski definition) is 1. The topological polar surface area (TPSA) is 82.0 Å². The van der Waals surface area contributed by atoms with Crippen LogP contribution in [0.2, 0.25) is 0 Å². The first-order chi connectivity index (χ1) is 13.8. The van der Waals surface area contributed by atoms with E-state index in [9.17, 15) is 14.9 Å². The first-order valence-electron chi connectivity index (χ1n) is 9.57. The molecule has 8 nitrogen and oxygen atoms in total. The number of amides is 1. The Morgan fingerprint density at radius 3 is 2.38 bits per heavy atom. The second kappa shape index (κ2) is 8.48. The first kappa shape index (κ1) is 20.6. The van der Waals surface area contributed by atoms with E-state index in [-0.39, 0.29) is 17.2 Å². The number of piperazine rings is 1. The number of carbonyl (C=O) groups excluding carboxylic acids is 1. The number of nitro benzene ring substituents is 1. The van der Waals surface area contributed by atoms with Gasteiger partial charge in [-0.25, -0.2) is 0 Å². The van der Waals surface area contributed by atoms with Crippen molar-refractivity contribution < 1.29 is 9.72 Å². The van der Waals surface area contributed by atoms with Gasteiger partial charge in [0.25, 0.3) is 11.6 Å². The lowest BCUT2D eigenvalue weighted by Crippen LogP contribution is -2.44. The molecule has 1 fully saturated rings. The number of hydrogen-bond acceptors (Lipinski definition) is 6. The van der Waals surface area contributed by atoms with Gasteiger partial charge in [0.2, 0.25) is 0 Å². The number of anilines is 3. The van der Waals surface area contributed by atoms with Gasteiger partial charge in [-0.3, -0.25) is 14.9 Å². The Morgan fingerprint density at radius 2 is 1.79 bits per heavy atom. The van der Waals surface area contributed by atoms with Gasteiger partial charge in [-0.05, 0) is 43.8 Å². The third-order valence-electron chi connectivity index (χ3n) is 5.22. The number of carbonyl (C=O) groups is 1. The number of likely N-dealkylation sites (N-methyl/N-ethyl adjacent to an activating group) is 1. The van der Waals surface area contributed by atoms with Crippen LogP contribution in [0.5, 0.6) is 0 Å². The normalized spacial score (nSPS) is 14.6. The van der Waals surface area contributed by atoms with Crippen LogP contribution in [0.25, 0.3) is 0 Å². The Morgan fingerprint density at radius 1 is 1.10 bits per heavy atom. The smallest absolute Gasteiger partial charge is 0.270 e. The van der Waals surface area contributed by atoms with Crippen LogP contribution in [0.3, 0.4) is 0 Å². The number of non-ortho nitro benzene ring substituents is 1. The van der Waals surface area contributed by atoms with E-state index in [1.165, 1.54) is 17.8 Å². The highest BCUT2D eigenvalue weighted by atomic mass is 16.6. The molecule has 0 saturated carbocycles. The van der Waals surface area contributed by atoms with Crippen LogP contribution in [0.1, 0.15) is 15.9 Å². The molecular formula is C21H27N5O3. The molecule has 1 saturated heterocycles. The van der Waals surface area contributed by atoms with E-state index in [0.717, 1.165) is 31.7 Å². The van der Waals surface area contributed by atoms with Crippen molar-refractivity contribution in [3.8, 4) is 0 Å². The SMILES string of the molecule is Cc1cc(NC(=O)c2cc([N+](=O)[O-])ccc2N(C)C)ccc1N1CCN(C)CC1. The second-order valence-electron chi connectivity index (χ2n) is 7.60. The van der Waals surface area contributed by atoms with Crippen LogP contribution in [-0.4, -0.2) is 63.1 Å². The van der Waals surface area contributed by atoms with Crippen molar-refractivity contribution in [1.82, 2.24) is 4.90 Å². The molecule has 0 unspecified atom stereocenters. The van der Waals surface area contributed by atoms with Crippen LogP contribution in [0, 0.1) is 17.0 Å². The van der Waals surface area contributed by atoms with Crippen molar-refractivity contribution in [1.29, 1.82) is 0 Å². The Bertz CT molecular complexity index is 921. The van der Waals surface area contributed by atoms with Crippen LogP contribution < -0.4 is 15.1 Å². The zero-order valence-corrected chi connectivity index (χ0v) is 17.3. The van der Waals surface area contributed by atoms with Gasteiger partial charge in [0.05, 0.1) is 10.5 Å². The van der Waals surface area contributed by atoms with Crippen LogP contribution in [0.15, 0.2) is 36.4 Å². The van der Waals surface area contributed by atoms with Crippen LogP contribution in [0.4, 0.5) is 22.7 Å². The van der Waals surface area contributed by atoms with Gasteiger partial charge >= 0.3 is 0 Å². The van der Waals surface area contributed by atoms with Crippen molar-refractivity contribution in [2.45, 2.75) is 6.92 Å². The molecule has 1 heterocycles. The molecule has 0 bridgehead atoms. The zero-order chi connectivity index (χ0) is 21.1. The molecule has 1 amide bonds. The summed E-state index contributed by atoms with van der Waals surface area (Å²) in [5.41, 5.74) is 3.70. The van der Waals surface area contributed by atoms with E-state index in [2.05, 4.69) is 22.2 Å². The summed E-state index contributed by atoms with van der Waals surface area (Å²) in [5, 5.41) is 14.0. The minimum absolute atomic E-state index is 0.109. The number of nitrogens with one attached hydrogen (secondary N) is 1. The van der Waals surface area contributed by atoms with Gasteiger partial charge in [-0.1, -0.05) is 0 Å². The monoisotopic (exact) mass is 397 g/mol. The fraction of sp³-hybridized carbons (Fsp3) is 0.381. The molecule has 2 aromatic rings. The number of aryl methyl sites for hydroxylation is 1. The highest BCUT2D eigenvalue weighted by Crippen LogP contribution is 2.27. The highest BCUT2D eigenvalue weighted by molar-refractivity contribution is 6.08. The molecule has 3 rings (SSSR count). The Hall–Kier alpha value is -3.13. The minimum atomic E-state index is -0.495. The molecule has 2 aromatic carbocycles. The molecule has 0 aromatic heterocycles. The zero-order valence-electron chi connectivity index (χ0n) is 17.3. The van der Waals surface area contributed by atoms with Gasteiger partial charge < -0.3 is 20.0 Å². The molecule has 0 aliphatic carbocycles. The minimum Gasteiger partial charge on any atom is -0.377 e. The summed E-state index contributed by atoms with van der Waals surface area (Å²) in [6.45, 7) is 6.03. The second-order valence-corrected chi connectivity index (χ2v) is 7.60. The van der Waals surface area contributed by atoms with E-state index >= 15 is 0 Å². The third-order valence-corrected chi connectivity index (χ3v) is 5.22. The van der Waals surface area contributed by atoms with Crippen molar-refractivity contribution in [3.05, 3.63) is 57.6 Å². The molecule has 1 N–H and O–H groups in total. The Balaban J connectivity index is 1.81. The maximum atomic E-state index is 12.9. The number of nitrogens with zero attached hydrogens (tertiary/aromatic N) is 4. The molecule has 29 heavy (non-hydrogen) atoms. The van der Waals surface area contributed by atoms with Crippen molar-refractivity contribution in [2.24, 2.45) is 0 Å². The maximum absolute atomic E-state index is 12.9. The molecule has 1 aliphatic heterocycles. The Labute approximate surface area is 170 Å². The lowest BCUT2D eigenvalue weighted by molar-refractivity contribution is -0.384.